The molecule has 1 fully saturated rings. The third-order valence-corrected chi connectivity index (χ3v) is 4.59. The van der Waals surface area contributed by atoms with Gasteiger partial charge in [-0.1, -0.05) is 18.9 Å². The number of hydrogen-bond donors (Lipinski definition) is 1. The molecule has 0 radical (unpaired) electrons. The Morgan fingerprint density at radius 1 is 1.35 bits per heavy atom. The molecule has 6 nitrogen and oxygen atoms in total. The Balaban J connectivity index is 1.45. The van der Waals surface area contributed by atoms with Gasteiger partial charge in [-0.25, -0.2) is 5.43 Å². The number of anilines is 1. The molecule has 1 saturated carbocycles. The van der Waals surface area contributed by atoms with Gasteiger partial charge in [-0.05, 0) is 31.0 Å². The van der Waals surface area contributed by atoms with Crippen LogP contribution in [0.3, 0.4) is 0 Å². The minimum atomic E-state index is -0.285. The van der Waals surface area contributed by atoms with Gasteiger partial charge in [0.1, 0.15) is 5.75 Å². The molecule has 0 spiro atoms. The van der Waals surface area contributed by atoms with E-state index in [0.29, 0.717) is 11.8 Å². The van der Waals surface area contributed by atoms with Crippen LogP contribution < -0.4 is 15.1 Å². The van der Waals surface area contributed by atoms with Gasteiger partial charge in [-0.2, -0.15) is 5.10 Å². The van der Waals surface area contributed by atoms with Gasteiger partial charge in [0.2, 0.25) is 0 Å². The molecule has 1 aromatic heterocycles. The van der Waals surface area contributed by atoms with Gasteiger partial charge in [0.05, 0.1) is 6.21 Å². The highest BCUT2D eigenvalue weighted by molar-refractivity contribution is 5.82. The molecule has 138 valence electrons. The zero-order chi connectivity index (χ0) is 18.4. The number of hydrogen-bond acceptors (Lipinski definition) is 4. The Hall–Kier alpha value is -2.76. The first-order valence-electron chi connectivity index (χ1n) is 9.01. The van der Waals surface area contributed by atoms with E-state index in [1.54, 1.807) is 6.21 Å². The maximum atomic E-state index is 11.9. The average Bonchev–Trinajstić information content (AvgIpc) is 3.31. The van der Waals surface area contributed by atoms with Crippen molar-refractivity contribution < 1.29 is 9.53 Å². The topological polar surface area (TPSA) is 58.9 Å². The van der Waals surface area contributed by atoms with E-state index in [-0.39, 0.29) is 12.5 Å². The summed E-state index contributed by atoms with van der Waals surface area (Å²) in [6.45, 7) is -0.0721. The number of nitrogens with one attached hydrogen (secondary N) is 1. The van der Waals surface area contributed by atoms with E-state index in [4.69, 9.17) is 4.74 Å². The summed E-state index contributed by atoms with van der Waals surface area (Å²) in [6.07, 6.45) is 10.9. The van der Waals surface area contributed by atoms with Crippen LogP contribution in [0.5, 0.6) is 5.75 Å². The Morgan fingerprint density at radius 3 is 2.92 bits per heavy atom. The first-order valence-corrected chi connectivity index (χ1v) is 9.01. The minimum absolute atomic E-state index is 0.0721. The van der Waals surface area contributed by atoms with Crippen molar-refractivity contribution in [2.75, 3.05) is 25.6 Å². The second-order valence-electron chi connectivity index (χ2n) is 6.80. The Bertz CT molecular complexity index is 761. The van der Waals surface area contributed by atoms with Crippen molar-refractivity contribution in [2.45, 2.75) is 31.7 Å². The first-order chi connectivity index (χ1) is 12.6. The van der Waals surface area contributed by atoms with E-state index in [2.05, 4.69) is 27.5 Å². The number of carbonyl (C=O) groups is 1. The number of ether oxygens (including phenoxy) is 1. The Labute approximate surface area is 154 Å². The summed E-state index contributed by atoms with van der Waals surface area (Å²) in [5.74, 6) is 0.371. The molecule has 2 aromatic rings. The average molecular weight is 354 g/mol. The number of hydrazone groups is 1. The van der Waals surface area contributed by atoms with E-state index in [9.17, 15) is 4.79 Å². The largest absolute Gasteiger partial charge is 0.484 e. The van der Waals surface area contributed by atoms with Crippen LogP contribution in [-0.4, -0.2) is 37.4 Å². The lowest BCUT2D eigenvalue weighted by Gasteiger charge is -2.13. The maximum Gasteiger partial charge on any atom is 0.277 e. The van der Waals surface area contributed by atoms with Crippen LogP contribution in [0.25, 0.3) is 0 Å². The normalized spacial score (nSPS) is 14.7. The number of benzene rings is 1. The monoisotopic (exact) mass is 354 g/mol. The second-order valence-corrected chi connectivity index (χ2v) is 6.80. The summed E-state index contributed by atoms with van der Waals surface area (Å²) < 4.78 is 7.76. The minimum Gasteiger partial charge on any atom is -0.484 e. The third-order valence-electron chi connectivity index (χ3n) is 4.59. The van der Waals surface area contributed by atoms with Gasteiger partial charge in [0.15, 0.2) is 6.61 Å². The van der Waals surface area contributed by atoms with Gasteiger partial charge in [-0.3, -0.25) is 4.79 Å². The van der Waals surface area contributed by atoms with E-state index in [1.165, 1.54) is 25.7 Å². The fourth-order valence-electron chi connectivity index (χ4n) is 3.15. The number of nitrogens with zero attached hydrogens (tertiary/aromatic N) is 3. The Kier molecular flexibility index (Phi) is 5.94. The molecule has 0 saturated heterocycles. The third kappa shape index (κ3) is 4.88. The van der Waals surface area contributed by atoms with Crippen molar-refractivity contribution in [2.24, 2.45) is 5.10 Å². The second kappa shape index (κ2) is 8.56. The van der Waals surface area contributed by atoms with Gasteiger partial charge in [0, 0.05) is 49.8 Å². The molecule has 1 aliphatic rings. The quantitative estimate of drug-likeness (QED) is 0.614. The van der Waals surface area contributed by atoms with Gasteiger partial charge < -0.3 is 14.2 Å². The molecule has 1 amide bonds. The van der Waals surface area contributed by atoms with Crippen molar-refractivity contribution in [3.8, 4) is 5.75 Å². The zero-order valence-electron chi connectivity index (χ0n) is 15.4. The highest BCUT2D eigenvalue weighted by Gasteiger charge is 2.15. The summed E-state index contributed by atoms with van der Waals surface area (Å²) in [5, 5.41) is 4.01. The highest BCUT2D eigenvalue weighted by Crippen LogP contribution is 2.29. The lowest BCUT2D eigenvalue weighted by molar-refractivity contribution is -0.123. The molecule has 26 heavy (non-hydrogen) atoms. The van der Waals surface area contributed by atoms with Crippen LogP contribution >= 0.6 is 0 Å². The lowest BCUT2D eigenvalue weighted by Crippen LogP contribution is -2.24. The van der Waals surface area contributed by atoms with Gasteiger partial charge in [0.25, 0.3) is 5.91 Å². The van der Waals surface area contributed by atoms with Gasteiger partial charge >= 0.3 is 0 Å². The van der Waals surface area contributed by atoms with Crippen LogP contribution in [0.1, 0.15) is 37.3 Å². The number of aromatic nitrogens is 1. The molecule has 1 heterocycles. The van der Waals surface area contributed by atoms with Crippen LogP contribution in [-0.2, 0) is 4.79 Å². The smallest absolute Gasteiger partial charge is 0.277 e. The first kappa shape index (κ1) is 18.0. The van der Waals surface area contributed by atoms with E-state index >= 15 is 0 Å². The molecule has 0 atom stereocenters. The van der Waals surface area contributed by atoms with Crippen molar-refractivity contribution in [3.05, 3.63) is 48.3 Å². The summed E-state index contributed by atoms with van der Waals surface area (Å²) in [5.41, 5.74) is 4.51. The van der Waals surface area contributed by atoms with Crippen LogP contribution in [0.4, 0.5) is 5.69 Å². The van der Waals surface area contributed by atoms with E-state index in [1.807, 2.05) is 49.3 Å². The molecule has 1 N–H and O–H groups in total. The zero-order valence-corrected chi connectivity index (χ0v) is 15.4. The van der Waals surface area contributed by atoms with Crippen molar-refractivity contribution in [1.29, 1.82) is 0 Å². The molecular weight excluding hydrogens is 328 g/mol. The summed E-state index contributed by atoms with van der Waals surface area (Å²) in [7, 11) is 3.92. The predicted octanol–water partition coefficient (Wildman–Crippen LogP) is 3.20. The molecular formula is C20H26N4O2. The van der Waals surface area contributed by atoms with Crippen LogP contribution in [0.15, 0.2) is 47.8 Å². The molecule has 3 rings (SSSR count). The summed E-state index contributed by atoms with van der Waals surface area (Å²) in [4.78, 5) is 13.9. The highest BCUT2D eigenvalue weighted by atomic mass is 16.5. The van der Waals surface area contributed by atoms with Crippen LogP contribution in [0, 0.1) is 0 Å². The fourth-order valence-corrected chi connectivity index (χ4v) is 3.15. The summed E-state index contributed by atoms with van der Waals surface area (Å²) in [6, 6.07) is 10.2. The number of carbonyl (C=O) groups excluding carboxylic acids is 1. The van der Waals surface area contributed by atoms with E-state index in [0.717, 1.165) is 11.3 Å². The fraction of sp³-hybridized carbons (Fsp3) is 0.400. The van der Waals surface area contributed by atoms with Crippen molar-refractivity contribution in [3.63, 3.8) is 0 Å². The molecule has 0 unspecified atom stereocenters. The number of amides is 1. The van der Waals surface area contributed by atoms with Crippen LogP contribution in [0.2, 0.25) is 0 Å². The Morgan fingerprint density at radius 2 is 2.15 bits per heavy atom. The van der Waals surface area contributed by atoms with Crippen molar-refractivity contribution in [1.82, 2.24) is 9.99 Å². The molecule has 0 aliphatic heterocycles. The van der Waals surface area contributed by atoms with Crippen molar-refractivity contribution >= 4 is 17.8 Å². The maximum absolute atomic E-state index is 11.9. The SMILES string of the molecule is CN(C)c1cccc(OCC(=O)N/N=C/c2ccn(C3CCCC3)c2)c1. The number of rotatable bonds is 7. The molecule has 0 bridgehead atoms. The molecule has 6 heteroatoms. The van der Waals surface area contributed by atoms with Gasteiger partial charge in [-0.15, -0.1) is 0 Å². The predicted molar refractivity (Wildman–Crippen MR) is 104 cm³/mol. The molecule has 1 aliphatic carbocycles. The summed E-state index contributed by atoms with van der Waals surface area (Å²) >= 11 is 0. The lowest BCUT2D eigenvalue weighted by atomic mass is 10.2. The standard InChI is InChI=1S/C20H26N4O2/c1-23(2)18-8-5-9-19(12-18)26-15-20(25)22-21-13-16-10-11-24(14-16)17-6-3-4-7-17/h5,8-14,17H,3-4,6-7,15H2,1-2H3,(H,22,25)/b21-13+. The molecule has 1 aromatic carbocycles. The van der Waals surface area contributed by atoms with E-state index < -0.39 is 0 Å².